The Morgan fingerprint density at radius 3 is 2.36 bits per heavy atom. The number of rotatable bonds is 8. The third-order valence-electron chi connectivity index (χ3n) is 3.65. The first-order valence-electron chi connectivity index (χ1n) is 8.50. The minimum Gasteiger partial charge on any atom is -0.500 e. The number of ether oxygens (including phenoxy) is 3. The average Bonchev–Trinajstić information content (AvgIpc) is 2.58. The van der Waals surface area contributed by atoms with E-state index in [2.05, 4.69) is 25.1 Å². The SMILES string of the molecule is C=C/C(NC(=S)C1=C(OC)CCN(C(=C)OC(C)(C)C)C1=O)=C(/OC)C(=C)Cl. The molecule has 0 aromatic rings. The van der Waals surface area contributed by atoms with Crippen LogP contribution in [0.1, 0.15) is 27.2 Å². The van der Waals surface area contributed by atoms with Gasteiger partial charge >= 0.3 is 0 Å². The Morgan fingerprint density at radius 2 is 1.93 bits per heavy atom. The van der Waals surface area contributed by atoms with Crippen molar-refractivity contribution in [2.24, 2.45) is 0 Å². The molecule has 1 aliphatic rings. The van der Waals surface area contributed by atoms with Gasteiger partial charge in [-0.1, -0.05) is 37.0 Å². The summed E-state index contributed by atoms with van der Waals surface area (Å²) in [6.45, 7) is 17.2. The number of thiocarbonyl (C=S) groups is 1. The number of nitrogens with zero attached hydrogens (tertiary/aromatic N) is 1. The van der Waals surface area contributed by atoms with E-state index in [4.69, 9.17) is 38.0 Å². The number of carbonyl (C=O) groups excluding carboxylic acids is 1. The van der Waals surface area contributed by atoms with Crippen LogP contribution in [0.2, 0.25) is 0 Å². The molecule has 0 aromatic carbocycles. The molecule has 0 unspecified atom stereocenters. The number of hydrogen-bond acceptors (Lipinski definition) is 5. The molecule has 28 heavy (non-hydrogen) atoms. The molecule has 0 saturated heterocycles. The Kier molecular flexibility index (Phi) is 8.32. The number of allylic oxidation sites excluding steroid dienone is 2. The van der Waals surface area contributed by atoms with Crippen LogP contribution in [0.3, 0.4) is 0 Å². The second-order valence-electron chi connectivity index (χ2n) is 6.83. The summed E-state index contributed by atoms with van der Waals surface area (Å²) in [5.41, 5.74) is 0.0940. The van der Waals surface area contributed by atoms with Crippen molar-refractivity contribution in [2.45, 2.75) is 32.8 Å². The number of carbonyl (C=O) groups is 1. The molecule has 0 fully saturated rings. The number of amides is 1. The smallest absolute Gasteiger partial charge is 0.267 e. The number of hydrogen-bond donors (Lipinski definition) is 1. The van der Waals surface area contributed by atoms with Gasteiger partial charge in [0.15, 0.2) is 11.6 Å². The number of methoxy groups -OCH3 is 2. The maximum atomic E-state index is 13.1. The van der Waals surface area contributed by atoms with E-state index in [9.17, 15) is 4.79 Å². The predicted octanol–water partition coefficient (Wildman–Crippen LogP) is 4.12. The summed E-state index contributed by atoms with van der Waals surface area (Å²) in [5, 5.41) is 3.10. The van der Waals surface area contributed by atoms with Crippen molar-refractivity contribution in [1.29, 1.82) is 0 Å². The van der Waals surface area contributed by atoms with Gasteiger partial charge in [0.05, 0.1) is 24.9 Å². The summed E-state index contributed by atoms with van der Waals surface area (Å²) < 4.78 is 16.4. The molecule has 0 atom stereocenters. The van der Waals surface area contributed by atoms with Gasteiger partial charge < -0.3 is 19.5 Å². The highest BCUT2D eigenvalue weighted by atomic mass is 35.5. The van der Waals surface area contributed by atoms with Crippen LogP contribution in [0, 0.1) is 0 Å². The highest BCUT2D eigenvalue weighted by molar-refractivity contribution is 7.80. The first-order chi connectivity index (χ1) is 13.0. The highest BCUT2D eigenvalue weighted by Gasteiger charge is 2.34. The van der Waals surface area contributed by atoms with E-state index in [1.165, 1.54) is 25.2 Å². The minimum absolute atomic E-state index is 0.137. The monoisotopic (exact) mass is 426 g/mol. The summed E-state index contributed by atoms with van der Waals surface area (Å²) in [6.07, 6.45) is 1.93. The van der Waals surface area contributed by atoms with Crippen LogP contribution in [0.5, 0.6) is 0 Å². The van der Waals surface area contributed by atoms with Crippen molar-refractivity contribution in [3.8, 4) is 0 Å². The lowest BCUT2D eigenvalue weighted by Crippen LogP contribution is -2.43. The quantitative estimate of drug-likeness (QED) is 0.358. The second-order valence-corrected chi connectivity index (χ2v) is 7.69. The molecule has 0 aliphatic carbocycles. The molecular weight excluding hydrogens is 400 g/mol. The van der Waals surface area contributed by atoms with Gasteiger partial charge in [0.2, 0.25) is 0 Å². The minimum atomic E-state index is -0.492. The van der Waals surface area contributed by atoms with Crippen molar-refractivity contribution < 1.29 is 19.0 Å². The summed E-state index contributed by atoms with van der Waals surface area (Å²) in [7, 11) is 2.94. The van der Waals surface area contributed by atoms with Crippen molar-refractivity contribution in [3.63, 3.8) is 0 Å². The third-order valence-corrected chi connectivity index (χ3v) is 4.12. The Labute approximate surface area is 177 Å². The first kappa shape index (κ1) is 23.8. The Hall–Kier alpha value is -2.25. The molecule has 0 spiro atoms. The standard InChI is InChI=1S/C20H27ClN2O4S/c1-9-14(17(26-8)12(2)21)22-18(28)16-15(25-7)10-11-23(19(16)24)13(3)27-20(4,5)6/h9H,1-3,10-11H2,4-8H3,(H,22,28)/b17-14-. The fourth-order valence-corrected chi connectivity index (χ4v) is 3.01. The van der Waals surface area contributed by atoms with Crippen LogP contribution in [-0.2, 0) is 19.0 Å². The van der Waals surface area contributed by atoms with E-state index >= 15 is 0 Å². The summed E-state index contributed by atoms with van der Waals surface area (Å²) in [5.74, 6) is 0.606. The van der Waals surface area contributed by atoms with E-state index in [1.54, 1.807) is 0 Å². The van der Waals surface area contributed by atoms with Crippen LogP contribution in [0.25, 0.3) is 0 Å². The molecule has 1 heterocycles. The van der Waals surface area contributed by atoms with Crippen LogP contribution in [0.4, 0.5) is 0 Å². The normalized spacial score (nSPS) is 15.5. The van der Waals surface area contributed by atoms with Gasteiger partial charge in [0, 0.05) is 13.0 Å². The lowest BCUT2D eigenvalue weighted by Gasteiger charge is -2.34. The maximum absolute atomic E-state index is 13.1. The molecule has 0 bridgehead atoms. The van der Waals surface area contributed by atoms with E-state index in [0.29, 0.717) is 24.4 Å². The van der Waals surface area contributed by atoms with E-state index in [-0.39, 0.29) is 33.1 Å². The topological polar surface area (TPSA) is 60.0 Å². The molecule has 0 saturated carbocycles. The fourth-order valence-electron chi connectivity index (χ4n) is 2.52. The van der Waals surface area contributed by atoms with Gasteiger partial charge in [-0.2, -0.15) is 0 Å². The maximum Gasteiger partial charge on any atom is 0.267 e. The average molecular weight is 427 g/mol. The molecule has 1 aliphatic heterocycles. The molecular formula is C20H27ClN2O4S. The van der Waals surface area contributed by atoms with Gasteiger partial charge in [0.25, 0.3) is 5.91 Å². The number of nitrogens with one attached hydrogen (secondary N) is 1. The van der Waals surface area contributed by atoms with Gasteiger partial charge in [-0.15, -0.1) is 0 Å². The predicted molar refractivity (Wildman–Crippen MR) is 115 cm³/mol. The lowest BCUT2D eigenvalue weighted by atomic mass is 10.1. The molecule has 154 valence electrons. The van der Waals surface area contributed by atoms with Gasteiger partial charge in [-0.05, 0) is 33.4 Å². The Morgan fingerprint density at radius 1 is 1.32 bits per heavy atom. The zero-order valence-electron chi connectivity index (χ0n) is 17.0. The van der Waals surface area contributed by atoms with Crippen LogP contribution in [0.15, 0.2) is 59.5 Å². The summed E-state index contributed by atoms with van der Waals surface area (Å²) >= 11 is 11.4. The molecule has 0 aromatic heterocycles. The fraction of sp³-hybridized carbons (Fsp3) is 0.400. The molecule has 1 amide bonds. The van der Waals surface area contributed by atoms with Crippen LogP contribution < -0.4 is 5.32 Å². The van der Waals surface area contributed by atoms with Crippen LogP contribution in [-0.4, -0.2) is 42.2 Å². The zero-order valence-corrected chi connectivity index (χ0v) is 18.6. The first-order valence-corrected chi connectivity index (χ1v) is 9.29. The van der Waals surface area contributed by atoms with Gasteiger partial charge in [-0.3, -0.25) is 9.69 Å². The largest absolute Gasteiger partial charge is 0.500 e. The molecule has 1 N–H and O–H groups in total. The second kappa shape index (κ2) is 9.80. The van der Waals surface area contributed by atoms with Crippen molar-refractivity contribution >= 4 is 34.7 Å². The Bertz CT molecular complexity index is 763. The van der Waals surface area contributed by atoms with E-state index in [1.807, 2.05) is 20.8 Å². The highest BCUT2D eigenvalue weighted by Crippen LogP contribution is 2.26. The number of halogens is 1. The van der Waals surface area contributed by atoms with Crippen LogP contribution >= 0.6 is 23.8 Å². The van der Waals surface area contributed by atoms with E-state index < -0.39 is 5.60 Å². The lowest BCUT2D eigenvalue weighted by molar-refractivity contribution is -0.130. The zero-order chi connectivity index (χ0) is 21.6. The van der Waals surface area contributed by atoms with E-state index in [0.717, 1.165) is 0 Å². The van der Waals surface area contributed by atoms with Gasteiger partial charge in [0.1, 0.15) is 21.9 Å². The Balaban J connectivity index is 3.23. The molecule has 6 nitrogen and oxygen atoms in total. The third kappa shape index (κ3) is 5.87. The van der Waals surface area contributed by atoms with Crippen molar-refractivity contribution in [2.75, 3.05) is 20.8 Å². The van der Waals surface area contributed by atoms with Gasteiger partial charge in [-0.25, -0.2) is 0 Å². The molecule has 0 radical (unpaired) electrons. The summed E-state index contributed by atoms with van der Waals surface area (Å²) in [6, 6.07) is 0. The van der Waals surface area contributed by atoms with Crippen molar-refractivity contribution in [1.82, 2.24) is 10.2 Å². The van der Waals surface area contributed by atoms with Crippen molar-refractivity contribution in [3.05, 3.63) is 59.5 Å². The summed E-state index contributed by atoms with van der Waals surface area (Å²) in [4.78, 5) is 14.7. The molecule has 8 heteroatoms. The molecule has 1 rings (SSSR count).